The first-order valence-electron chi connectivity index (χ1n) is 11.2. The zero-order chi connectivity index (χ0) is 25.1. The van der Waals surface area contributed by atoms with E-state index in [4.69, 9.17) is 20.8 Å². The molecule has 0 aliphatic heterocycles. The van der Waals surface area contributed by atoms with Gasteiger partial charge >= 0.3 is 0 Å². The molecule has 1 aliphatic rings. The number of halogens is 1. The summed E-state index contributed by atoms with van der Waals surface area (Å²) in [5.41, 5.74) is 0.765. The van der Waals surface area contributed by atoms with Gasteiger partial charge in [-0.3, -0.25) is 14.4 Å². The molecule has 2 N–H and O–H groups in total. The summed E-state index contributed by atoms with van der Waals surface area (Å²) >= 11 is 5.86. The van der Waals surface area contributed by atoms with E-state index in [9.17, 15) is 14.4 Å². The van der Waals surface area contributed by atoms with Gasteiger partial charge < -0.3 is 24.7 Å². The minimum absolute atomic E-state index is 0.0794. The van der Waals surface area contributed by atoms with Gasteiger partial charge in [0.2, 0.25) is 23.5 Å². The molecule has 10 nitrogen and oxygen atoms in total. The van der Waals surface area contributed by atoms with Crippen LogP contribution in [0.4, 0.5) is 11.5 Å². The van der Waals surface area contributed by atoms with Crippen LogP contribution in [-0.4, -0.2) is 53.8 Å². The van der Waals surface area contributed by atoms with E-state index in [-0.39, 0.29) is 40.9 Å². The summed E-state index contributed by atoms with van der Waals surface area (Å²) in [5, 5.41) is 5.92. The van der Waals surface area contributed by atoms with Gasteiger partial charge in [-0.05, 0) is 43.9 Å². The van der Waals surface area contributed by atoms with E-state index >= 15 is 0 Å². The highest BCUT2D eigenvalue weighted by molar-refractivity contribution is 6.30. The zero-order valence-corrected chi connectivity index (χ0v) is 20.4. The van der Waals surface area contributed by atoms with E-state index in [0.717, 1.165) is 0 Å². The first-order chi connectivity index (χ1) is 16.8. The Morgan fingerprint density at radius 3 is 2.40 bits per heavy atom. The molecular weight excluding hydrogens is 474 g/mol. The molecule has 0 aromatic carbocycles. The third-order valence-electron chi connectivity index (χ3n) is 6.03. The lowest BCUT2D eigenvalue weighted by atomic mass is 9.81. The van der Waals surface area contributed by atoms with Crippen LogP contribution in [0.5, 0.6) is 5.88 Å². The quantitative estimate of drug-likeness (QED) is 0.525. The number of aromatic nitrogens is 2. The first kappa shape index (κ1) is 24.5. The fraction of sp³-hybridized carbons (Fsp3) is 0.375. The van der Waals surface area contributed by atoms with Crippen LogP contribution in [0, 0.1) is 11.8 Å². The highest BCUT2D eigenvalue weighted by Gasteiger charge is 2.32. The second kappa shape index (κ2) is 10.3. The Hall–Kier alpha value is -3.66. The molecule has 3 aromatic rings. The number of nitrogens with zero attached hydrogens (tertiary/aromatic N) is 3. The van der Waals surface area contributed by atoms with Crippen molar-refractivity contribution in [2.24, 2.45) is 11.8 Å². The van der Waals surface area contributed by atoms with Crippen molar-refractivity contribution in [3.05, 3.63) is 41.2 Å². The normalized spacial score (nSPS) is 17.6. The molecule has 3 aromatic heterocycles. The topological polar surface area (TPSA) is 127 Å². The molecule has 0 radical (unpaired) electrons. The second-order valence-corrected chi connectivity index (χ2v) is 9.03. The van der Waals surface area contributed by atoms with Crippen molar-refractivity contribution in [2.45, 2.75) is 25.7 Å². The van der Waals surface area contributed by atoms with E-state index < -0.39 is 5.91 Å². The van der Waals surface area contributed by atoms with Crippen molar-refractivity contribution in [2.75, 3.05) is 31.8 Å². The van der Waals surface area contributed by atoms with Gasteiger partial charge in [0.05, 0.1) is 12.1 Å². The van der Waals surface area contributed by atoms with Gasteiger partial charge in [-0.15, -0.1) is 0 Å². The van der Waals surface area contributed by atoms with Crippen LogP contribution < -0.4 is 15.4 Å². The number of carbonyl (C=O) groups is 3. The number of carbonyl (C=O) groups excluding carboxylic acids is 3. The van der Waals surface area contributed by atoms with Gasteiger partial charge in [0.15, 0.2) is 5.58 Å². The Bertz CT molecular complexity index is 1250. The summed E-state index contributed by atoms with van der Waals surface area (Å²) in [5.74, 6) is -0.694. The van der Waals surface area contributed by atoms with E-state index in [1.165, 1.54) is 13.3 Å². The number of hydrogen-bond donors (Lipinski definition) is 2. The number of ether oxygens (including phenoxy) is 1. The summed E-state index contributed by atoms with van der Waals surface area (Å²) in [7, 11) is 4.94. The Labute approximate surface area is 207 Å². The number of hydrogen-bond acceptors (Lipinski definition) is 7. The standard InChI is InChI=1S/C24H26ClN5O5/c1-30(2)24(33)14-6-4-13(5-7-14)22(31)29-20-19-16(9-11-18(28-19)34-3)35-21(20)23(32)27-17-10-8-15(25)12-26-17/h8-14H,4-7H2,1-3H3,(H,29,31)(H,26,27,32). The molecule has 1 saturated carbocycles. The van der Waals surface area contributed by atoms with Gasteiger partial charge in [-0.25, -0.2) is 9.97 Å². The predicted octanol–water partition coefficient (Wildman–Crippen LogP) is 3.97. The van der Waals surface area contributed by atoms with Crippen LogP contribution in [0.25, 0.3) is 11.1 Å². The third kappa shape index (κ3) is 5.37. The van der Waals surface area contributed by atoms with Crippen molar-refractivity contribution in [3.63, 3.8) is 0 Å². The van der Waals surface area contributed by atoms with Crippen molar-refractivity contribution in [3.8, 4) is 5.88 Å². The van der Waals surface area contributed by atoms with Gasteiger partial charge in [0.1, 0.15) is 17.0 Å². The molecule has 3 amide bonds. The molecule has 0 unspecified atom stereocenters. The Balaban J connectivity index is 1.58. The number of amides is 3. The average Bonchev–Trinajstić information content (AvgIpc) is 3.22. The maximum Gasteiger partial charge on any atom is 0.294 e. The molecule has 4 rings (SSSR count). The molecular formula is C24H26ClN5O5. The Kier molecular flexibility index (Phi) is 7.20. The molecule has 1 fully saturated rings. The predicted molar refractivity (Wildman–Crippen MR) is 131 cm³/mol. The van der Waals surface area contributed by atoms with Gasteiger partial charge in [0, 0.05) is 38.2 Å². The maximum atomic E-state index is 13.2. The third-order valence-corrected chi connectivity index (χ3v) is 6.25. The smallest absolute Gasteiger partial charge is 0.294 e. The average molecular weight is 500 g/mol. The molecule has 11 heteroatoms. The van der Waals surface area contributed by atoms with Crippen LogP contribution in [0.1, 0.15) is 36.2 Å². The Morgan fingerprint density at radius 1 is 1.06 bits per heavy atom. The van der Waals surface area contributed by atoms with Crippen LogP contribution in [0.2, 0.25) is 5.02 Å². The molecule has 35 heavy (non-hydrogen) atoms. The van der Waals surface area contributed by atoms with Crippen LogP contribution in [-0.2, 0) is 9.59 Å². The number of furan rings is 1. The highest BCUT2D eigenvalue weighted by atomic mass is 35.5. The van der Waals surface area contributed by atoms with Gasteiger partial charge in [-0.1, -0.05) is 11.6 Å². The van der Waals surface area contributed by atoms with E-state index in [2.05, 4.69) is 20.6 Å². The largest absolute Gasteiger partial charge is 0.481 e. The molecule has 184 valence electrons. The fourth-order valence-corrected chi connectivity index (χ4v) is 4.28. The molecule has 0 spiro atoms. The van der Waals surface area contributed by atoms with Crippen molar-refractivity contribution in [1.29, 1.82) is 0 Å². The lowest BCUT2D eigenvalue weighted by Crippen LogP contribution is -2.35. The van der Waals surface area contributed by atoms with Crippen LogP contribution in [0.15, 0.2) is 34.9 Å². The van der Waals surface area contributed by atoms with E-state index in [1.54, 1.807) is 43.3 Å². The SMILES string of the molecule is COc1ccc2oc(C(=O)Nc3ccc(Cl)cn3)c(NC(=O)C3CCC(C(=O)N(C)C)CC3)c2n1. The maximum absolute atomic E-state index is 13.2. The van der Waals surface area contributed by atoms with Crippen LogP contribution >= 0.6 is 11.6 Å². The van der Waals surface area contributed by atoms with Crippen molar-refractivity contribution in [1.82, 2.24) is 14.9 Å². The van der Waals surface area contributed by atoms with Gasteiger partial charge in [-0.2, -0.15) is 0 Å². The number of pyridine rings is 2. The first-order valence-corrected chi connectivity index (χ1v) is 11.6. The summed E-state index contributed by atoms with van der Waals surface area (Å²) in [6.45, 7) is 0. The molecule has 0 atom stereocenters. The lowest BCUT2D eigenvalue weighted by molar-refractivity contribution is -0.135. The fourth-order valence-electron chi connectivity index (χ4n) is 4.16. The van der Waals surface area contributed by atoms with E-state index in [0.29, 0.717) is 47.7 Å². The minimum atomic E-state index is -0.604. The minimum Gasteiger partial charge on any atom is -0.481 e. The van der Waals surface area contributed by atoms with Crippen molar-refractivity contribution >= 4 is 51.9 Å². The number of fused-ring (bicyclic) bond motifs is 1. The number of nitrogens with one attached hydrogen (secondary N) is 2. The van der Waals surface area contributed by atoms with Crippen molar-refractivity contribution < 1.29 is 23.5 Å². The number of methoxy groups -OCH3 is 1. The zero-order valence-electron chi connectivity index (χ0n) is 19.6. The summed E-state index contributed by atoms with van der Waals surface area (Å²) < 4.78 is 11.0. The highest BCUT2D eigenvalue weighted by Crippen LogP contribution is 2.35. The van der Waals surface area contributed by atoms with E-state index in [1.807, 2.05) is 0 Å². The number of anilines is 2. The Morgan fingerprint density at radius 2 is 1.77 bits per heavy atom. The van der Waals surface area contributed by atoms with Crippen LogP contribution in [0.3, 0.4) is 0 Å². The lowest BCUT2D eigenvalue weighted by Gasteiger charge is -2.28. The molecule has 0 saturated heterocycles. The van der Waals surface area contributed by atoms with Gasteiger partial charge in [0.25, 0.3) is 5.91 Å². The second-order valence-electron chi connectivity index (χ2n) is 8.59. The summed E-state index contributed by atoms with van der Waals surface area (Å²) in [6, 6.07) is 6.36. The molecule has 0 bridgehead atoms. The molecule has 3 heterocycles. The summed E-state index contributed by atoms with van der Waals surface area (Å²) in [6.07, 6.45) is 3.80. The number of rotatable bonds is 6. The summed E-state index contributed by atoms with van der Waals surface area (Å²) in [4.78, 5) is 48.5. The molecule has 1 aliphatic carbocycles. The monoisotopic (exact) mass is 499 g/mol.